The summed E-state index contributed by atoms with van der Waals surface area (Å²) < 4.78 is 0. The van der Waals surface area contributed by atoms with Gasteiger partial charge in [-0.1, -0.05) is 11.3 Å². The van der Waals surface area contributed by atoms with Crippen molar-refractivity contribution in [2.45, 2.75) is 12.5 Å². The maximum absolute atomic E-state index is 9.42. The lowest BCUT2D eigenvalue weighted by molar-refractivity contribution is 0.0132. The molecular weight excluding hydrogens is 190 g/mol. The predicted octanol–water partition coefficient (Wildman–Crippen LogP) is -0.120. The summed E-state index contributed by atoms with van der Waals surface area (Å²) in [5, 5.41) is 22.3. The van der Waals surface area contributed by atoms with E-state index >= 15 is 0 Å². The molecule has 0 spiro atoms. The molecule has 0 aliphatic heterocycles. The van der Waals surface area contributed by atoms with Gasteiger partial charge in [0.25, 0.3) is 0 Å². The molecule has 0 bridgehead atoms. The quantitative estimate of drug-likeness (QED) is 0.547. The first-order valence-electron chi connectivity index (χ1n) is 3.82. The molecule has 13 heavy (non-hydrogen) atoms. The van der Waals surface area contributed by atoms with Gasteiger partial charge in [0.2, 0.25) is 0 Å². The molecule has 1 rings (SSSR count). The second-order valence-electron chi connectivity index (χ2n) is 3.08. The van der Waals surface area contributed by atoms with Crippen molar-refractivity contribution in [1.29, 1.82) is 0 Å². The van der Waals surface area contributed by atoms with Crippen LogP contribution in [-0.4, -0.2) is 33.9 Å². The van der Waals surface area contributed by atoms with Gasteiger partial charge in [-0.15, -0.1) is 0 Å². The van der Waals surface area contributed by atoms with Gasteiger partial charge >= 0.3 is 0 Å². The number of nitrogens with zero attached hydrogens (tertiary/aromatic N) is 1. The van der Waals surface area contributed by atoms with Crippen LogP contribution in [0.2, 0.25) is 0 Å². The van der Waals surface area contributed by atoms with Crippen molar-refractivity contribution < 1.29 is 10.2 Å². The first-order valence-corrected chi connectivity index (χ1v) is 4.63. The fourth-order valence-electron chi connectivity index (χ4n) is 0.690. The lowest BCUT2D eigenvalue weighted by Crippen LogP contribution is -2.37. The number of aliphatic hydroxyl groups is 2. The van der Waals surface area contributed by atoms with Crippen molar-refractivity contribution in [3.63, 3.8) is 0 Å². The van der Waals surface area contributed by atoms with Gasteiger partial charge in [-0.3, -0.25) is 0 Å². The van der Waals surface area contributed by atoms with E-state index in [9.17, 15) is 5.11 Å². The largest absolute Gasteiger partial charge is 0.393 e. The number of nitrogens with two attached hydrogens (primary N) is 1. The maximum Gasteiger partial charge on any atom is 0.184 e. The summed E-state index contributed by atoms with van der Waals surface area (Å²) in [4.78, 5) is 3.94. The maximum atomic E-state index is 9.42. The van der Waals surface area contributed by atoms with Crippen molar-refractivity contribution in [3.8, 4) is 0 Å². The molecule has 1 aromatic rings. The van der Waals surface area contributed by atoms with E-state index in [-0.39, 0.29) is 13.2 Å². The molecule has 0 saturated carbocycles. The minimum atomic E-state index is -1.12. The van der Waals surface area contributed by atoms with E-state index < -0.39 is 5.60 Å². The molecule has 1 aromatic heterocycles. The zero-order valence-electron chi connectivity index (χ0n) is 7.32. The van der Waals surface area contributed by atoms with Crippen LogP contribution in [0.3, 0.4) is 0 Å². The van der Waals surface area contributed by atoms with Crippen LogP contribution in [0.15, 0.2) is 6.20 Å². The predicted molar refractivity (Wildman–Crippen MR) is 52.7 cm³/mol. The lowest BCUT2D eigenvalue weighted by atomic mass is 10.1. The third-order valence-corrected chi connectivity index (χ3v) is 2.27. The Balaban J connectivity index is 2.43. The Morgan fingerprint density at radius 2 is 2.46 bits per heavy atom. The highest BCUT2D eigenvalue weighted by Crippen LogP contribution is 2.19. The molecule has 0 aliphatic rings. The number of hydrogen-bond donors (Lipinski definition) is 4. The van der Waals surface area contributed by atoms with Gasteiger partial charge < -0.3 is 21.3 Å². The van der Waals surface area contributed by atoms with E-state index in [1.807, 2.05) is 0 Å². The molecule has 0 amide bonds. The van der Waals surface area contributed by atoms with Gasteiger partial charge in [0, 0.05) is 6.54 Å². The topological polar surface area (TPSA) is 91.4 Å². The number of rotatable bonds is 4. The summed E-state index contributed by atoms with van der Waals surface area (Å²) in [5.41, 5.74) is 4.33. The average molecular weight is 203 g/mol. The monoisotopic (exact) mass is 203 g/mol. The van der Waals surface area contributed by atoms with E-state index in [2.05, 4.69) is 10.3 Å². The second kappa shape index (κ2) is 3.91. The SMILES string of the molecule is CC(O)(CO)CNc1ncc(N)s1. The molecule has 5 N–H and O–H groups in total. The standard InChI is InChI=1S/C7H13N3O2S/c1-7(12,4-11)3-10-6-9-2-5(8)13-6/h2,11-12H,3-4,8H2,1H3,(H,9,10). The Kier molecular flexibility index (Phi) is 3.07. The molecule has 0 saturated heterocycles. The fourth-order valence-corrected chi connectivity index (χ4v) is 1.27. The van der Waals surface area contributed by atoms with Crippen molar-refractivity contribution in [2.24, 2.45) is 0 Å². The highest BCUT2D eigenvalue weighted by Gasteiger charge is 2.18. The summed E-state index contributed by atoms with van der Waals surface area (Å²) >= 11 is 1.30. The highest BCUT2D eigenvalue weighted by atomic mass is 32.1. The lowest BCUT2D eigenvalue weighted by Gasteiger charge is -2.19. The molecule has 0 aliphatic carbocycles. The molecular formula is C7H13N3O2S. The third-order valence-electron chi connectivity index (χ3n) is 1.48. The Hall–Kier alpha value is -0.850. The molecule has 0 aromatic carbocycles. The highest BCUT2D eigenvalue weighted by molar-refractivity contribution is 7.19. The number of nitrogens with one attached hydrogen (secondary N) is 1. The van der Waals surface area contributed by atoms with Gasteiger partial charge in [-0.2, -0.15) is 0 Å². The summed E-state index contributed by atoms with van der Waals surface area (Å²) in [6.07, 6.45) is 1.54. The van der Waals surface area contributed by atoms with Crippen molar-refractivity contribution >= 4 is 21.5 Å². The van der Waals surface area contributed by atoms with Gasteiger partial charge in [0.05, 0.1) is 12.8 Å². The third kappa shape index (κ3) is 3.17. The van der Waals surface area contributed by atoms with Crippen LogP contribution in [0, 0.1) is 0 Å². The smallest absolute Gasteiger partial charge is 0.184 e. The molecule has 1 unspecified atom stereocenters. The van der Waals surface area contributed by atoms with E-state index in [1.54, 1.807) is 6.20 Å². The average Bonchev–Trinajstić information content (AvgIpc) is 2.48. The Morgan fingerprint density at radius 3 is 2.92 bits per heavy atom. The molecule has 0 radical (unpaired) electrons. The molecule has 6 heteroatoms. The van der Waals surface area contributed by atoms with Crippen LogP contribution in [0.4, 0.5) is 10.1 Å². The number of anilines is 2. The number of nitrogen functional groups attached to an aromatic ring is 1. The Morgan fingerprint density at radius 1 is 1.77 bits per heavy atom. The summed E-state index contributed by atoms with van der Waals surface area (Å²) in [5.74, 6) is 0. The second-order valence-corrected chi connectivity index (χ2v) is 4.14. The van der Waals surface area contributed by atoms with Gasteiger partial charge in [-0.05, 0) is 6.92 Å². The molecule has 0 fully saturated rings. The van der Waals surface area contributed by atoms with Crippen LogP contribution >= 0.6 is 11.3 Å². The van der Waals surface area contributed by atoms with Gasteiger partial charge in [-0.25, -0.2) is 4.98 Å². The number of hydrogen-bond acceptors (Lipinski definition) is 6. The van der Waals surface area contributed by atoms with E-state index in [0.717, 1.165) is 0 Å². The van der Waals surface area contributed by atoms with E-state index in [1.165, 1.54) is 18.3 Å². The molecule has 1 atom stereocenters. The first-order chi connectivity index (χ1) is 6.03. The first kappa shape index (κ1) is 10.2. The van der Waals surface area contributed by atoms with Crippen molar-refractivity contribution in [2.75, 3.05) is 24.2 Å². The minimum Gasteiger partial charge on any atom is -0.393 e. The molecule has 5 nitrogen and oxygen atoms in total. The number of thiazole rings is 1. The van der Waals surface area contributed by atoms with Crippen LogP contribution in [-0.2, 0) is 0 Å². The van der Waals surface area contributed by atoms with Crippen LogP contribution in [0.25, 0.3) is 0 Å². The van der Waals surface area contributed by atoms with Crippen LogP contribution in [0.5, 0.6) is 0 Å². The zero-order valence-corrected chi connectivity index (χ0v) is 8.14. The Labute approximate surface area is 80.2 Å². The normalized spacial score (nSPS) is 15.3. The summed E-state index contributed by atoms with van der Waals surface area (Å²) in [6.45, 7) is 1.49. The summed E-state index contributed by atoms with van der Waals surface area (Å²) in [7, 11) is 0. The number of aliphatic hydroxyl groups excluding tert-OH is 1. The van der Waals surface area contributed by atoms with Crippen molar-refractivity contribution in [1.82, 2.24) is 4.98 Å². The van der Waals surface area contributed by atoms with Crippen molar-refractivity contribution in [3.05, 3.63) is 6.20 Å². The summed E-state index contributed by atoms with van der Waals surface area (Å²) in [6, 6.07) is 0. The van der Waals surface area contributed by atoms with Gasteiger partial charge in [0.15, 0.2) is 5.13 Å². The Bertz CT molecular complexity index is 274. The molecule has 74 valence electrons. The molecule has 1 heterocycles. The number of aromatic nitrogens is 1. The zero-order chi connectivity index (χ0) is 9.90. The van der Waals surface area contributed by atoms with Crippen LogP contribution < -0.4 is 11.1 Å². The van der Waals surface area contributed by atoms with Crippen LogP contribution in [0.1, 0.15) is 6.92 Å². The van der Waals surface area contributed by atoms with E-state index in [4.69, 9.17) is 10.8 Å². The fraction of sp³-hybridized carbons (Fsp3) is 0.571. The van der Waals surface area contributed by atoms with E-state index in [0.29, 0.717) is 10.1 Å². The minimum absolute atomic E-state index is 0.246. The van der Waals surface area contributed by atoms with Gasteiger partial charge in [0.1, 0.15) is 10.6 Å².